The molecule has 0 radical (unpaired) electrons. The molecule has 1 aromatic rings. The Labute approximate surface area is 231 Å². The molecule has 0 unspecified atom stereocenters. The van der Waals surface area contributed by atoms with Gasteiger partial charge in [-0.05, 0) is 57.1 Å². The van der Waals surface area contributed by atoms with Crippen molar-refractivity contribution < 1.29 is 38.7 Å². The summed E-state index contributed by atoms with van der Waals surface area (Å²) in [7, 11) is 4.55. The van der Waals surface area contributed by atoms with Gasteiger partial charge in [-0.3, -0.25) is 4.79 Å². The van der Waals surface area contributed by atoms with Crippen LogP contribution in [-0.2, 0) is 25.4 Å². The molecule has 1 aliphatic heterocycles. The van der Waals surface area contributed by atoms with Crippen molar-refractivity contribution in [3.05, 3.63) is 41.0 Å². The van der Waals surface area contributed by atoms with Crippen LogP contribution < -0.4 is 15.8 Å². The van der Waals surface area contributed by atoms with Gasteiger partial charge in [0.15, 0.2) is 17.6 Å². The number of allylic oxidation sites excluding steroid dienone is 1. The number of methoxy groups -OCH3 is 3. The Bertz CT molecular complexity index is 1050. The van der Waals surface area contributed by atoms with Crippen LogP contribution in [0.25, 0.3) is 0 Å². The van der Waals surface area contributed by atoms with Crippen LogP contribution in [0.2, 0.25) is 0 Å². The van der Waals surface area contributed by atoms with Crippen molar-refractivity contribution in [2.75, 3.05) is 26.6 Å². The molecule has 10 nitrogen and oxygen atoms in total. The number of phenols is 1. The van der Waals surface area contributed by atoms with Crippen molar-refractivity contribution in [1.82, 2.24) is 0 Å². The second-order valence-corrected chi connectivity index (χ2v) is 10.3. The van der Waals surface area contributed by atoms with E-state index in [2.05, 4.69) is 5.32 Å². The van der Waals surface area contributed by atoms with Crippen LogP contribution in [0.4, 0.5) is 10.5 Å². The summed E-state index contributed by atoms with van der Waals surface area (Å²) in [5.41, 5.74) is 7.69. The van der Waals surface area contributed by atoms with Crippen molar-refractivity contribution in [3.63, 3.8) is 0 Å². The molecule has 0 aliphatic carbocycles. The molecule has 0 spiro atoms. The topological polar surface area (TPSA) is 150 Å². The molecule has 1 heterocycles. The smallest absolute Gasteiger partial charge is 0.405 e. The standard InChI is InChI=1S/C29H44N2O8/c1-16-11-20-14-21(15-22(32)27(20)38-7)31-28(34)17(2)9-8-10-23(36-5)26(39-29(30)35)19(4)13-18(3)25(33)24(12-16)37-6/h9,13-16,18,23-26,32-33H,8,10-12H2,1-7H3,(H2,30,35)(H,31,34)/b17-9+,19-13-/t16-,18+,23-,24-,25+,26-/m0/s1. The lowest BCUT2D eigenvalue weighted by molar-refractivity contribution is -0.112. The molecule has 0 aromatic heterocycles. The van der Waals surface area contributed by atoms with Gasteiger partial charge in [-0.15, -0.1) is 0 Å². The number of carbonyl (C=O) groups excluding carboxylic acids is 2. The number of aromatic hydroxyl groups is 1. The van der Waals surface area contributed by atoms with Gasteiger partial charge in [0, 0.05) is 43.0 Å². The summed E-state index contributed by atoms with van der Waals surface area (Å²) < 4.78 is 22.2. The van der Waals surface area contributed by atoms with Crippen LogP contribution in [0.1, 0.15) is 52.5 Å². The third kappa shape index (κ3) is 8.98. The van der Waals surface area contributed by atoms with E-state index in [0.717, 1.165) is 5.56 Å². The fourth-order valence-corrected chi connectivity index (χ4v) is 5.08. The summed E-state index contributed by atoms with van der Waals surface area (Å²) in [6.07, 6.45) is 1.95. The minimum absolute atomic E-state index is 0.0219. The molecular weight excluding hydrogens is 504 g/mol. The molecule has 0 fully saturated rings. The quantitative estimate of drug-likeness (QED) is 0.411. The third-order valence-corrected chi connectivity index (χ3v) is 7.15. The third-order valence-electron chi connectivity index (χ3n) is 7.15. The molecule has 5 N–H and O–H groups in total. The van der Waals surface area contributed by atoms with E-state index in [1.54, 1.807) is 33.1 Å². The van der Waals surface area contributed by atoms with Crippen molar-refractivity contribution in [2.24, 2.45) is 17.6 Å². The number of aliphatic hydroxyl groups excluding tert-OH is 1. The highest BCUT2D eigenvalue weighted by Gasteiger charge is 2.30. The van der Waals surface area contributed by atoms with E-state index in [1.807, 2.05) is 19.9 Å². The van der Waals surface area contributed by atoms with E-state index < -0.39 is 30.5 Å². The van der Waals surface area contributed by atoms with E-state index >= 15 is 0 Å². The first-order valence-corrected chi connectivity index (χ1v) is 13.2. The molecule has 1 aromatic carbocycles. The molecule has 0 saturated heterocycles. The van der Waals surface area contributed by atoms with Crippen molar-refractivity contribution in [2.45, 2.75) is 77.8 Å². The predicted octanol–water partition coefficient (Wildman–Crippen LogP) is 4.09. The maximum absolute atomic E-state index is 12.9. The lowest BCUT2D eigenvalue weighted by Gasteiger charge is -2.30. The number of ether oxygens (including phenoxy) is 4. The highest BCUT2D eigenvalue weighted by atomic mass is 16.6. The number of benzene rings is 1. The Morgan fingerprint density at radius 2 is 1.77 bits per heavy atom. The number of carbonyl (C=O) groups is 2. The summed E-state index contributed by atoms with van der Waals surface area (Å²) in [5, 5.41) is 24.6. The number of amides is 2. The lowest BCUT2D eigenvalue weighted by Crippen LogP contribution is -2.37. The first-order chi connectivity index (χ1) is 18.4. The summed E-state index contributed by atoms with van der Waals surface area (Å²) in [6, 6.07) is 3.24. The van der Waals surface area contributed by atoms with Gasteiger partial charge in [0.2, 0.25) is 0 Å². The van der Waals surface area contributed by atoms with E-state index in [0.29, 0.717) is 48.3 Å². The SMILES string of the molecule is COc1c(O)cc2cc1C[C@H](C)C[C@H](OC)[C@H](O)[C@H](C)/C=C(/C)[C@H](OC(N)=O)[C@@H](OC)CC/C=C(\C)C(=O)N2. The summed E-state index contributed by atoms with van der Waals surface area (Å²) in [4.78, 5) is 24.6. The Balaban J connectivity index is 2.53. The number of hydrogen-bond donors (Lipinski definition) is 4. The maximum Gasteiger partial charge on any atom is 0.405 e. The molecule has 1 aliphatic rings. The molecule has 218 valence electrons. The zero-order valence-corrected chi connectivity index (χ0v) is 24.0. The minimum atomic E-state index is -0.934. The van der Waals surface area contributed by atoms with Crippen LogP contribution in [-0.4, -0.2) is 68.0 Å². The Morgan fingerprint density at radius 3 is 2.36 bits per heavy atom. The number of rotatable bonds is 4. The number of nitrogens with one attached hydrogen (secondary N) is 1. The number of phenolic OH excluding ortho intramolecular Hbond substituents is 1. The normalized spacial score (nSPS) is 30.3. The van der Waals surface area contributed by atoms with Gasteiger partial charge >= 0.3 is 6.09 Å². The van der Waals surface area contributed by atoms with Crippen molar-refractivity contribution in [3.8, 4) is 11.5 Å². The number of aliphatic hydroxyl groups is 1. The fourth-order valence-electron chi connectivity index (χ4n) is 5.08. The van der Waals surface area contributed by atoms with Crippen LogP contribution >= 0.6 is 0 Å². The van der Waals surface area contributed by atoms with Gasteiger partial charge in [-0.2, -0.15) is 0 Å². The summed E-state index contributed by atoms with van der Waals surface area (Å²) >= 11 is 0. The van der Waals surface area contributed by atoms with Crippen LogP contribution in [0, 0.1) is 11.8 Å². The van der Waals surface area contributed by atoms with Gasteiger partial charge in [-0.1, -0.05) is 26.0 Å². The molecule has 2 rings (SSSR count). The van der Waals surface area contributed by atoms with Gasteiger partial charge in [0.25, 0.3) is 5.91 Å². The zero-order chi connectivity index (χ0) is 29.3. The first-order valence-electron chi connectivity index (χ1n) is 13.2. The van der Waals surface area contributed by atoms with E-state index in [4.69, 9.17) is 24.7 Å². The number of hydrogen-bond acceptors (Lipinski definition) is 8. The molecular formula is C29H44N2O8. The predicted molar refractivity (Wildman–Crippen MR) is 149 cm³/mol. The van der Waals surface area contributed by atoms with Crippen LogP contribution in [0.15, 0.2) is 35.4 Å². The van der Waals surface area contributed by atoms with Crippen LogP contribution in [0.5, 0.6) is 11.5 Å². The Kier molecular flexibility index (Phi) is 12.3. The lowest BCUT2D eigenvalue weighted by atomic mass is 9.88. The largest absolute Gasteiger partial charge is 0.504 e. The molecule has 0 saturated carbocycles. The number of anilines is 1. The zero-order valence-electron chi connectivity index (χ0n) is 24.0. The number of fused-ring (bicyclic) bond motifs is 2. The molecule has 10 heteroatoms. The Morgan fingerprint density at radius 1 is 1.10 bits per heavy atom. The van der Waals surface area contributed by atoms with Gasteiger partial charge in [0.05, 0.1) is 25.4 Å². The fraction of sp³-hybridized carbons (Fsp3) is 0.586. The van der Waals surface area contributed by atoms with Gasteiger partial charge < -0.3 is 40.2 Å². The molecule has 2 bridgehead atoms. The minimum Gasteiger partial charge on any atom is -0.504 e. The van der Waals surface area contributed by atoms with Crippen molar-refractivity contribution in [1.29, 1.82) is 0 Å². The summed E-state index contributed by atoms with van der Waals surface area (Å²) in [6.45, 7) is 7.38. The molecule has 2 amide bonds. The van der Waals surface area contributed by atoms with E-state index in [1.165, 1.54) is 20.3 Å². The average molecular weight is 549 g/mol. The van der Waals surface area contributed by atoms with Gasteiger partial charge in [-0.25, -0.2) is 4.79 Å². The highest BCUT2D eigenvalue weighted by Crippen LogP contribution is 2.36. The number of primary amides is 1. The second kappa shape index (κ2) is 14.9. The monoisotopic (exact) mass is 548 g/mol. The summed E-state index contributed by atoms with van der Waals surface area (Å²) in [5.74, 6) is -0.375. The van der Waals surface area contributed by atoms with Gasteiger partial charge in [0.1, 0.15) is 0 Å². The van der Waals surface area contributed by atoms with E-state index in [9.17, 15) is 19.8 Å². The maximum atomic E-state index is 12.9. The molecule has 39 heavy (non-hydrogen) atoms. The second-order valence-electron chi connectivity index (χ2n) is 10.3. The highest BCUT2D eigenvalue weighted by molar-refractivity contribution is 6.03. The van der Waals surface area contributed by atoms with Crippen LogP contribution in [0.3, 0.4) is 0 Å². The van der Waals surface area contributed by atoms with Crippen molar-refractivity contribution >= 4 is 17.7 Å². The average Bonchev–Trinajstić information content (AvgIpc) is 2.87. The molecule has 6 atom stereocenters. The first kappa shape index (κ1) is 32.1. The Hall–Kier alpha value is -3.08. The number of nitrogens with two attached hydrogens (primary N) is 1. The van der Waals surface area contributed by atoms with E-state index in [-0.39, 0.29) is 23.5 Å².